The Morgan fingerprint density at radius 1 is 1.24 bits per heavy atom. The normalized spacial score (nSPS) is 11.0. The lowest BCUT2D eigenvalue weighted by Crippen LogP contribution is -2.14. The molecule has 2 N–H and O–H groups in total. The maximum absolute atomic E-state index is 12.6. The predicted octanol–water partition coefficient (Wildman–Crippen LogP) is 2.81. The first kappa shape index (κ1) is 16.8. The molecule has 0 aliphatic carbocycles. The van der Waals surface area contributed by atoms with Gasteiger partial charge in [-0.15, -0.1) is 0 Å². The number of fused-ring (bicyclic) bond motifs is 1. The summed E-state index contributed by atoms with van der Waals surface area (Å²) in [5.41, 5.74) is 3.60. The molecule has 0 bridgehead atoms. The maximum atomic E-state index is 12.6. The molecule has 1 aromatic carbocycles. The molecule has 0 aliphatic heterocycles. The van der Waals surface area contributed by atoms with E-state index in [1.54, 1.807) is 21.5 Å². The minimum absolute atomic E-state index is 0.0935. The predicted molar refractivity (Wildman–Crippen MR) is 94.9 cm³/mol. The number of carbonyl (C=O) groups is 2. The second-order valence-corrected chi connectivity index (χ2v) is 5.93. The lowest BCUT2D eigenvalue weighted by molar-refractivity contribution is -0.137. The Labute approximate surface area is 144 Å². The van der Waals surface area contributed by atoms with Gasteiger partial charge in [0.1, 0.15) is 6.54 Å². The number of aliphatic carboxylic acids is 1. The molecule has 2 heterocycles. The van der Waals surface area contributed by atoms with Crippen molar-refractivity contribution in [1.29, 1.82) is 0 Å². The Hall–Kier alpha value is -3.09. The smallest absolute Gasteiger partial charge is 0.323 e. The van der Waals surface area contributed by atoms with Crippen LogP contribution in [0.5, 0.6) is 0 Å². The van der Waals surface area contributed by atoms with Crippen molar-refractivity contribution in [2.45, 2.75) is 33.9 Å². The fraction of sp³-hybridized carbons (Fsp3) is 0.278. The maximum Gasteiger partial charge on any atom is 0.323 e. The molecule has 7 nitrogen and oxygen atoms in total. The molecule has 25 heavy (non-hydrogen) atoms. The van der Waals surface area contributed by atoms with Gasteiger partial charge in [0, 0.05) is 35.0 Å². The van der Waals surface area contributed by atoms with Gasteiger partial charge in [-0.3, -0.25) is 14.3 Å². The average Bonchev–Trinajstić information content (AvgIpc) is 3.07. The molecule has 0 radical (unpaired) electrons. The molecule has 0 saturated heterocycles. The molecule has 0 unspecified atom stereocenters. The molecule has 0 fully saturated rings. The molecular formula is C18H20N4O3. The first-order valence-corrected chi connectivity index (χ1v) is 8.06. The highest BCUT2D eigenvalue weighted by Gasteiger charge is 2.18. The van der Waals surface area contributed by atoms with E-state index in [0.29, 0.717) is 23.5 Å². The lowest BCUT2D eigenvalue weighted by Gasteiger charge is -2.07. The molecule has 2 aromatic heterocycles. The third-order valence-corrected chi connectivity index (χ3v) is 4.24. The van der Waals surface area contributed by atoms with E-state index in [2.05, 4.69) is 10.4 Å². The number of anilines is 1. The summed E-state index contributed by atoms with van der Waals surface area (Å²) in [5.74, 6) is -1.09. The van der Waals surface area contributed by atoms with Gasteiger partial charge < -0.3 is 15.0 Å². The summed E-state index contributed by atoms with van der Waals surface area (Å²) in [4.78, 5) is 23.5. The summed E-state index contributed by atoms with van der Waals surface area (Å²) in [6, 6.07) is 7.25. The molecule has 0 spiro atoms. The molecule has 0 saturated carbocycles. The Morgan fingerprint density at radius 3 is 2.64 bits per heavy atom. The number of amides is 1. The molecule has 7 heteroatoms. The second kappa shape index (κ2) is 6.43. The molecule has 3 aromatic rings. The van der Waals surface area contributed by atoms with E-state index in [1.165, 1.54) is 0 Å². The van der Waals surface area contributed by atoms with Crippen molar-refractivity contribution in [2.24, 2.45) is 0 Å². The Kier molecular flexibility index (Phi) is 4.31. The van der Waals surface area contributed by atoms with Crippen molar-refractivity contribution in [3.8, 4) is 0 Å². The third-order valence-electron chi connectivity index (χ3n) is 4.24. The van der Waals surface area contributed by atoms with Crippen LogP contribution in [0.3, 0.4) is 0 Å². The van der Waals surface area contributed by atoms with Crippen LogP contribution in [-0.4, -0.2) is 31.3 Å². The number of nitrogens with zero attached hydrogens (tertiary/aromatic N) is 3. The minimum Gasteiger partial charge on any atom is -0.480 e. The van der Waals surface area contributed by atoms with E-state index in [0.717, 1.165) is 16.6 Å². The second-order valence-electron chi connectivity index (χ2n) is 5.93. The van der Waals surface area contributed by atoms with Crippen LogP contribution in [0.15, 0.2) is 30.5 Å². The molecule has 1 amide bonds. The average molecular weight is 340 g/mol. The van der Waals surface area contributed by atoms with Gasteiger partial charge in [0.15, 0.2) is 0 Å². The van der Waals surface area contributed by atoms with Crippen LogP contribution in [0, 0.1) is 13.8 Å². The number of aromatic nitrogens is 3. The Morgan fingerprint density at radius 2 is 2.00 bits per heavy atom. The first-order chi connectivity index (χ1) is 11.9. The lowest BCUT2D eigenvalue weighted by atomic mass is 10.1. The SMILES string of the molecule is CCn1nc(C)c(C(=O)Nc2ccc3c(ccn3CC(=O)O)c2)c1C. The number of carbonyl (C=O) groups excluding carboxylic acids is 1. The number of hydrogen-bond donors (Lipinski definition) is 2. The summed E-state index contributed by atoms with van der Waals surface area (Å²) in [6.07, 6.45) is 1.73. The number of rotatable bonds is 5. The van der Waals surface area contributed by atoms with Gasteiger partial charge in [-0.1, -0.05) is 0 Å². The summed E-state index contributed by atoms with van der Waals surface area (Å²) in [6.45, 7) is 6.31. The van der Waals surface area contributed by atoms with Gasteiger partial charge in [-0.05, 0) is 45.0 Å². The molecule has 130 valence electrons. The number of benzene rings is 1. The third kappa shape index (κ3) is 3.13. The number of hydrogen-bond acceptors (Lipinski definition) is 3. The van der Waals surface area contributed by atoms with Crippen LogP contribution >= 0.6 is 0 Å². The Bertz CT molecular complexity index is 968. The zero-order valence-corrected chi connectivity index (χ0v) is 14.4. The standard InChI is InChI=1S/C18H20N4O3/c1-4-22-12(3)17(11(2)20-22)18(25)19-14-5-6-15-13(9-14)7-8-21(15)10-16(23)24/h5-9H,4,10H2,1-3H3,(H,19,25)(H,23,24). The highest BCUT2D eigenvalue weighted by Crippen LogP contribution is 2.22. The number of nitrogens with one attached hydrogen (secondary N) is 1. The number of carboxylic acids is 1. The van der Waals surface area contributed by atoms with E-state index in [9.17, 15) is 9.59 Å². The van der Waals surface area contributed by atoms with E-state index >= 15 is 0 Å². The summed E-state index contributed by atoms with van der Waals surface area (Å²) in [5, 5.41) is 17.1. The number of carboxylic acid groups (broad SMARTS) is 1. The van der Waals surface area contributed by atoms with Crippen molar-refractivity contribution in [2.75, 3.05) is 5.32 Å². The zero-order chi connectivity index (χ0) is 18.1. The molecule has 0 aliphatic rings. The highest BCUT2D eigenvalue weighted by molar-refractivity contribution is 6.06. The minimum atomic E-state index is -0.895. The van der Waals surface area contributed by atoms with Crippen molar-refractivity contribution >= 4 is 28.5 Å². The number of aryl methyl sites for hydroxylation is 2. The summed E-state index contributed by atoms with van der Waals surface area (Å²) in [7, 11) is 0. The van der Waals surface area contributed by atoms with Gasteiger partial charge in [-0.2, -0.15) is 5.10 Å². The van der Waals surface area contributed by atoms with Gasteiger partial charge in [0.25, 0.3) is 5.91 Å². The monoisotopic (exact) mass is 340 g/mol. The quantitative estimate of drug-likeness (QED) is 0.747. The van der Waals surface area contributed by atoms with Gasteiger partial charge >= 0.3 is 5.97 Å². The molecule has 0 atom stereocenters. The molecule has 3 rings (SSSR count). The van der Waals surface area contributed by atoms with Crippen LogP contribution < -0.4 is 5.32 Å². The first-order valence-electron chi connectivity index (χ1n) is 8.06. The van der Waals surface area contributed by atoms with Crippen LogP contribution in [0.25, 0.3) is 10.9 Å². The summed E-state index contributed by atoms with van der Waals surface area (Å²) >= 11 is 0. The van der Waals surface area contributed by atoms with Crippen LogP contribution in [0.1, 0.15) is 28.7 Å². The van der Waals surface area contributed by atoms with E-state index in [4.69, 9.17) is 5.11 Å². The van der Waals surface area contributed by atoms with Crippen LogP contribution in [0.2, 0.25) is 0 Å². The van der Waals surface area contributed by atoms with Crippen molar-refractivity contribution < 1.29 is 14.7 Å². The largest absolute Gasteiger partial charge is 0.480 e. The van der Waals surface area contributed by atoms with E-state index < -0.39 is 5.97 Å². The van der Waals surface area contributed by atoms with Crippen LogP contribution in [-0.2, 0) is 17.9 Å². The van der Waals surface area contributed by atoms with E-state index in [1.807, 2.05) is 39.0 Å². The Balaban J connectivity index is 1.87. The highest BCUT2D eigenvalue weighted by atomic mass is 16.4. The topological polar surface area (TPSA) is 89.2 Å². The fourth-order valence-electron chi connectivity index (χ4n) is 3.09. The van der Waals surface area contributed by atoms with Gasteiger partial charge in [0.05, 0.1) is 11.3 Å². The molecular weight excluding hydrogens is 320 g/mol. The van der Waals surface area contributed by atoms with Gasteiger partial charge in [-0.25, -0.2) is 0 Å². The van der Waals surface area contributed by atoms with Gasteiger partial charge in [0.2, 0.25) is 0 Å². The fourth-order valence-corrected chi connectivity index (χ4v) is 3.09. The zero-order valence-electron chi connectivity index (χ0n) is 14.4. The van der Waals surface area contributed by atoms with Crippen molar-refractivity contribution in [1.82, 2.24) is 14.3 Å². The summed E-state index contributed by atoms with van der Waals surface area (Å²) < 4.78 is 3.46. The van der Waals surface area contributed by atoms with Crippen LogP contribution in [0.4, 0.5) is 5.69 Å². The van der Waals surface area contributed by atoms with Crippen molar-refractivity contribution in [3.05, 3.63) is 47.4 Å². The van der Waals surface area contributed by atoms with E-state index in [-0.39, 0.29) is 12.5 Å². The van der Waals surface area contributed by atoms with Crippen molar-refractivity contribution in [3.63, 3.8) is 0 Å².